The Morgan fingerprint density at radius 2 is 1.45 bits per heavy atom. The highest BCUT2D eigenvalue weighted by molar-refractivity contribution is 7.69. The molecule has 3 heteroatoms. The van der Waals surface area contributed by atoms with E-state index in [1.807, 2.05) is 18.2 Å². The summed E-state index contributed by atoms with van der Waals surface area (Å²) in [6, 6.07) is 10.1. The van der Waals surface area contributed by atoms with Crippen LogP contribution in [0.2, 0.25) is 0 Å². The molecule has 0 fully saturated rings. The minimum absolute atomic E-state index is 0.0576. The second-order valence-electron chi connectivity index (χ2n) is 7.42. The molecule has 0 aliphatic rings. The summed E-state index contributed by atoms with van der Waals surface area (Å²) >= 11 is 0. The highest BCUT2D eigenvalue weighted by Gasteiger charge is 2.35. The molecule has 0 aliphatic heterocycles. The number of benzene rings is 1. The Kier molecular flexibility index (Phi) is 7.86. The molecule has 2 nitrogen and oxygen atoms in total. The fourth-order valence-corrected chi connectivity index (χ4v) is 6.34. The van der Waals surface area contributed by atoms with Crippen LogP contribution in [-0.4, -0.2) is 23.9 Å². The monoisotopic (exact) mass is 323 g/mol. The zero-order valence-electron chi connectivity index (χ0n) is 15.1. The molecule has 22 heavy (non-hydrogen) atoms. The molecule has 0 aliphatic carbocycles. The number of hydrogen-bond acceptors (Lipinski definition) is 1. The van der Waals surface area contributed by atoms with E-state index in [1.165, 1.54) is 0 Å². The van der Waals surface area contributed by atoms with Crippen molar-refractivity contribution in [2.24, 2.45) is 5.41 Å². The van der Waals surface area contributed by atoms with Gasteiger partial charge in [0.2, 0.25) is 0 Å². The van der Waals surface area contributed by atoms with Gasteiger partial charge in [-0.25, -0.2) is 4.67 Å². The van der Waals surface area contributed by atoms with E-state index >= 15 is 0 Å². The number of hydrogen-bond donors (Lipinski definition) is 0. The van der Waals surface area contributed by atoms with Gasteiger partial charge in [-0.15, -0.1) is 0 Å². The van der Waals surface area contributed by atoms with Crippen molar-refractivity contribution in [3.8, 4) is 0 Å². The lowest BCUT2D eigenvalue weighted by Crippen LogP contribution is -2.33. The van der Waals surface area contributed by atoms with E-state index in [9.17, 15) is 4.57 Å². The standard InChI is InChI=1S/C19H34NOP/c1-6-8-15-20(16-9-7-2)22(21,17-19(3,4)5)18-13-11-10-12-14-18/h10-14H,6-9,15-17H2,1-5H3. The van der Waals surface area contributed by atoms with E-state index < -0.39 is 7.29 Å². The fourth-order valence-electron chi connectivity index (χ4n) is 2.77. The third-order valence-electron chi connectivity index (χ3n) is 3.84. The molecule has 0 spiro atoms. The van der Waals surface area contributed by atoms with Crippen molar-refractivity contribution < 1.29 is 4.57 Å². The highest BCUT2D eigenvalue weighted by atomic mass is 31.2. The van der Waals surface area contributed by atoms with Gasteiger partial charge < -0.3 is 4.57 Å². The van der Waals surface area contributed by atoms with Crippen LogP contribution in [0.25, 0.3) is 0 Å². The number of nitrogens with zero attached hydrogens (tertiary/aromatic N) is 1. The molecule has 0 bridgehead atoms. The lowest BCUT2D eigenvalue weighted by Gasteiger charge is -2.36. The van der Waals surface area contributed by atoms with Crippen molar-refractivity contribution in [3.63, 3.8) is 0 Å². The van der Waals surface area contributed by atoms with Gasteiger partial charge in [-0.05, 0) is 18.3 Å². The van der Waals surface area contributed by atoms with Gasteiger partial charge >= 0.3 is 0 Å². The zero-order valence-corrected chi connectivity index (χ0v) is 16.0. The first-order valence-corrected chi connectivity index (χ1v) is 10.6. The molecule has 0 saturated heterocycles. The van der Waals surface area contributed by atoms with Crippen LogP contribution < -0.4 is 5.30 Å². The maximum absolute atomic E-state index is 14.1. The number of unbranched alkanes of at least 4 members (excludes halogenated alkanes) is 2. The van der Waals surface area contributed by atoms with E-state index in [4.69, 9.17) is 0 Å². The zero-order chi connectivity index (χ0) is 16.6. The van der Waals surface area contributed by atoms with E-state index in [0.29, 0.717) is 0 Å². The van der Waals surface area contributed by atoms with E-state index in [2.05, 4.69) is 51.4 Å². The van der Waals surface area contributed by atoms with Crippen molar-refractivity contribution in [1.29, 1.82) is 0 Å². The summed E-state index contributed by atoms with van der Waals surface area (Å²) < 4.78 is 16.4. The normalized spacial score (nSPS) is 15.0. The predicted octanol–water partition coefficient (Wildman–Crippen LogP) is 5.54. The SMILES string of the molecule is CCCCN(CCCC)P(=O)(CC(C)(C)C)c1ccccc1. The minimum Gasteiger partial charge on any atom is -0.301 e. The first kappa shape index (κ1) is 19.5. The molecule has 0 radical (unpaired) electrons. The lowest BCUT2D eigenvalue weighted by atomic mass is 10.0. The van der Waals surface area contributed by atoms with Crippen molar-refractivity contribution >= 4 is 12.6 Å². The van der Waals surface area contributed by atoms with Crippen LogP contribution in [-0.2, 0) is 4.57 Å². The van der Waals surface area contributed by atoms with Gasteiger partial charge in [0.15, 0.2) is 7.29 Å². The van der Waals surface area contributed by atoms with Gasteiger partial charge in [-0.2, -0.15) is 0 Å². The topological polar surface area (TPSA) is 20.3 Å². The van der Waals surface area contributed by atoms with Crippen molar-refractivity contribution in [3.05, 3.63) is 30.3 Å². The van der Waals surface area contributed by atoms with Gasteiger partial charge in [-0.3, -0.25) is 0 Å². The Morgan fingerprint density at radius 3 is 1.86 bits per heavy atom. The molecule has 1 atom stereocenters. The van der Waals surface area contributed by atoms with Gasteiger partial charge in [-0.1, -0.05) is 77.8 Å². The molecule has 1 unspecified atom stereocenters. The van der Waals surface area contributed by atoms with Crippen LogP contribution in [0.1, 0.15) is 60.3 Å². The number of rotatable bonds is 9. The predicted molar refractivity (Wildman–Crippen MR) is 99.4 cm³/mol. The van der Waals surface area contributed by atoms with Crippen molar-refractivity contribution in [2.75, 3.05) is 19.3 Å². The van der Waals surface area contributed by atoms with E-state index in [0.717, 1.165) is 50.2 Å². The van der Waals surface area contributed by atoms with Crippen LogP contribution in [0, 0.1) is 5.41 Å². The Bertz CT molecular complexity index is 456. The molecule has 0 aromatic heterocycles. The Hall–Kier alpha value is -0.590. The molecule has 1 rings (SSSR count). The summed E-state index contributed by atoms with van der Waals surface area (Å²) in [5, 5.41) is 1.03. The summed E-state index contributed by atoms with van der Waals surface area (Å²) in [5.41, 5.74) is 0.0576. The lowest BCUT2D eigenvalue weighted by molar-refractivity contribution is 0.380. The average molecular weight is 323 g/mol. The second-order valence-corrected chi connectivity index (χ2v) is 10.2. The molecule has 0 saturated carbocycles. The largest absolute Gasteiger partial charge is 0.301 e. The molecular weight excluding hydrogens is 289 g/mol. The molecule has 0 heterocycles. The van der Waals surface area contributed by atoms with Crippen LogP contribution >= 0.6 is 7.29 Å². The maximum Gasteiger partial charge on any atom is 0.179 e. The van der Waals surface area contributed by atoms with Crippen molar-refractivity contribution in [2.45, 2.75) is 60.3 Å². The Morgan fingerprint density at radius 1 is 0.955 bits per heavy atom. The second kappa shape index (κ2) is 8.89. The average Bonchev–Trinajstić information content (AvgIpc) is 2.46. The molecule has 0 N–H and O–H groups in total. The summed E-state index contributed by atoms with van der Waals surface area (Å²) in [5.74, 6) is 0. The van der Waals surface area contributed by atoms with Gasteiger partial charge in [0.25, 0.3) is 0 Å². The first-order chi connectivity index (χ1) is 10.3. The van der Waals surface area contributed by atoms with Crippen LogP contribution in [0.3, 0.4) is 0 Å². The van der Waals surface area contributed by atoms with Crippen LogP contribution in [0.4, 0.5) is 0 Å². The summed E-state index contributed by atoms with van der Waals surface area (Å²) in [7, 11) is -2.53. The van der Waals surface area contributed by atoms with E-state index in [1.54, 1.807) is 0 Å². The van der Waals surface area contributed by atoms with Gasteiger partial charge in [0, 0.05) is 24.6 Å². The third kappa shape index (κ3) is 5.89. The minimum atomic E-state index is -2.53. The Labute approximate surface area is 137 Å². The van der Waals surface area contributed by atoms with Gasteiger partial charge in [0.05, 0.1) is 0 Å². The molecule has 0 amide bonds. The fraction of sp³-hybridized carbons (Fsp3) is 0.684. The summed E-state index contributed by atoms with van der Waals surface area (Å²) in [4.78, 5) is 0. The summed E-state index contributed by atoms with van der Waals surface area (Å²) in [6.07, 6.45) is 5.27. The molecular formula is C19H34NOP. The molecule has 1 aromatic rings. The third-order valence-corrected chi connectivity index (χ3v) is 7.64. The Balaban J connectivity index is 3.17. The van der Waals surface area contributed by atoms with Crippen LogP contribution in [0.5, 0.6) is 0 Å². The smallest absolute Gasteiger partial charge is 0.179 e. The first-order valence-electron chi connectivity index (χ1n) is 8.73. The van der Waals surface area contributed by atoms with Gasteiger partial charge in [0.1, 0.15) is 0 Å². The molecule has 126 valence electrons. The highest BCUT2D eigenvalue weighted by Crippen LogP contribution is 2.52. The van der Waals surface area contributed by atoms with Crippen LogP contribution in [0.15, 0.2) is 30.3 Å². The summed E-state index contributed by atoms with van der Waals surface area (Å²) in [6.45, 7) is 12.9. The van der Waals surface area contributed by atoms with E-state index in [-0.39, 0.29) is 5.41 Å². The maximum atomic E-state index is 14.1. The van der Waals surface area contributed by atoms with Crippen molar-refractivity contribution in [1.82, 2.24) is 4.67 Å². The quantitative estimate of drug-likeness (QED) is 0.556. The molecule has 1 aromatic carbocycles.